The first-order valence-electron chi connectivity index (χ1n) is 8.14. The zero-order valence-electron chi connectivity index (χ0n) is 14.2. The fraction of sp³-hybridized carbons (Fsp3) is 0.588. The van der Waals surface area contributed by atoms with E-state index in [1.54, 1.807) is 23.1 Å². The fourth-order valence-corrected chi connectivity index (χ4v) is 5.26. The van der Waals surface area contributed by atoms with E-state index in [1.165, 1.54) is 16.9 Å². The Kier molecular flexibility index (Phi) is 4.92. The van der Waals surface area contributed by atoms with Crippen LogP contribution in [-0.2, 0) is 4.79 Å². The molecule has 4 nitrogen and oxygen atoms in total. The van der Waals surface area contributed by atoms with Crippen molar-refractivity contribution in [1.82, 2.24) is 14.9 Å². The van der Waals surface area contributed by atoms with Crippen LogP contribution in [0.5, 0.6) is 0 Å². The summed E-state index contributed by atoms with van der Waals surface area (Å²) in [7, 11) is 0. The van der Waals surface area contributed by atoms with E-state index < -0.39 is 0 Å². The highest BCUT2D eigenvalue weighted by Crippen LogP contribution is 2.35. The van der Waals surface area contributed by atoms with Crippen LogP contribution >= 0.6 is 23.1 Å². The molecule has 0 bridgehead atoms. The molecular formula is C17H23N3OS2. The highest BCUT2D eigenvalue weighted by atomic mass is 32.2. The van der Waals surface area contributed by atoms with Gasteiger partial charge in [0.1, 0.15) is 15.7 Å². The monoisotopic (exact) mass is 349 g/mol. The molecule has 124 valence electrons. The average Bonchev–Trinajstić information content (AvgIpc) is 2.79. The van der Waals surface area contributed by atoms with Gasteiger partial charge in [-0.3, -0.25) is 4.79 Å². The second-order valence-corrected chi connectivity index (χ2v) is 8.43. The smallest absolute Gasteiger partial charge is 0.233 e. The molecule has 0 spiro atoms. The van der Waals surface area contributed by atoms with E-state index in [-0.39, 0.29) is 5.91 Å². The first-order chi connectivity index (χ1) is 11.0. The van der Waals surface area contributed by atoms with Gasteiger partial charge in [0.2, 0.25) is 5.91 Å². The normalized spacial score (nSPS) is 18.6. The van der Waals surface area contributed by atoms with Crippen molar-refractivity contribution in [3.63, 3.8) is 0 Å². The third kappa shape index (κ3) is 3.38. The van der Waals surface area contributed by atoms with Crippen molar-refractivity contribution in [1.29, 1.82) is 0 Å². The average molecular weight is 350 g/mol. The van der Waals surface area contributed by atoms with Crippen LogP contribution in [-0.4, -0.2) is 39.1 Å². The summed E-state index contributed by atoms with van der Waals surface area (Å²) in [5.41, 5.74) is 1.24. The van der Waals surface area contributed by atoms with Crippen LogP contribution in [0.25, 0.3) is 10.2 Å². The lowest BCUT2D eigenvalue weighted by molar-refractivity contribution is -0.131. The van der Waals surface area contributed by atoms with Gasteiger partial charge in [0.15, 0.2) is 0 Å². The van der Waals surface area contributed by atoms with Gasteiger partial charge in [-0.05, 0) is 52.5 Å². The van der Waals surface area contributed by atoms with Gasteiger partial charge in [-0.1, -0.05) is 11.8 Å². The Morgan fingerprint density at radius 3 is 2.83 bits per heavy atom. The first-order valence-corrected chi connectivity index (χ1v) is 9.94. The second-order valence-electron chi connectivity index (χ2n) is 6.26. The molecule has 0 saturated carbocycles. The summed E-state index contributed by atoms with van der Waals surface area (Å²) < 4.78 is 0. The number of nitrogens with zero attached hydrogens (tertiary/aromatic N) is 3. The second kappa shape index (κ2) is 6.77. The first kappa shape index (κ1) is 16.7. The summed E-state index contributed by atoms with van der Waals surface area (Å²) in [6.07, 6.45) is 3.48. The minimum absolute atomic E-state index is 0.233. The maximum Gasteiger partial charge on any atom is 0.233 e. The molecule has 6 heteroatoms. The van der Waals surface area contributed by atoms with Crippen molar-refractivity contribution >= 4 is 39.2 Å². The van der Waals surface area contributed by atoms with Crippen LogP contribution in [0.4, 0.5) is 0 Å². The minimum Gasteiger partial charge on any atom is -0.339 e. The Morgan fingerprint density at radius 1 is 1.30 bits per heavy atom. The van der Waals surface area contributed by atoms with Gasteiger partial charge in [0.05, 0.1) is 5.75 Å². The van der Waals surface area contributed by atoms with Crippen molar-refractivity contribution in [3.8, 4) is 0 Å². The molecule has 1 saturated heterocycles. The summed E-state index contributed by atoms with van der Waals surface area (Å²) in [5.74, 6) is 1.47. The van der Waals surface area contributed by atoms with Gasteiger partial charge < -0.3 is 4.90 Å². The van der Waals surface area contributed by atoms with Gasteiger partial charge in [0, 0.05) is 22.8 Å². The van der Waals surface area contributed by atoms with Crippen molar-refractivity contribution in [2.75, 3.05) is 12.3 Å². The molecule has 3 heterocycles. The van der Waals surface area contributed by atoms with E-state index in [0.29, 0.717) is 11.8 Å². The predicted molar refractivity (Wildman–Crippen MR) is 97.4 cm³/mol. The van der Waals surface area contributed by atoms with Crippen molar-refractivity contribution < 1.29 is 4.79 Å². The molecule has 0 radical (unpaired) electrons. The van der Waals surface area contributed by atoms with Gasteiger partial charge in [0.25, 0.3) is 0 Å². The van der Waals surface area contributed by atoms with Crippen molar-refractivity contribution in [3.05, 3.63) is 16.3 Å². The molecule has 23 heavy (non-hydrogen) atoms. The third-order valence-corrected chi connectivity index (χ3v) is 6.62. The number of fused-ring (bicyclic) bond motifs is 1. The van der Waals surface area contributed by atoms with E-state index >= 15 is 0 Å². The van der Waals surface area contributed by atoms with E-state index in [1.807, 2.05) is 11.8 Å². The largest absolute Gasteiger partial charge is 0.339 e. The van der Waals surface area contributed by atoms with Gasteiger partial charge in [-0.25, -0.2) is 9.97 Å². The number of aromatic nitrogens is 2. The quantitative estimate of drug-likeness (QED) is 0.618. The predicted octanol–water partition coefficient (Wildman–Crippen LogP) is 4.11. The summed E-state index contributed by atoms with van der Waals surface area (Å²) in [4.78, 5) is 26.0. The lowest BCUT2D eigenvalue weighted by Crippen LogP contribution is -2.42. The van der Waals surface area contributed by atoms with Gasteiger partial charge in [-0.2, -0.15) is 0 Å². The SMILES string of the molecule is Cc1nc(SCC(=O)N2CCCC[C@H]2C)c2c(C)c(C)sc2n1. The topological polar surface area (TPSA) is 46.1 Å². The molecule has 1 aliphatic rings. The Bertz CT molecular complexity index is 741. The van der Waals surface area contributed by atoms with Crippen LogP contribution < -0.4 is 0 Å². The number of amides is 1. The number of piperidine rings is 1. The van der Waals surface area contributed by atoms with E-state index in [4.69, 9.17) is 0 Å². The number of carbonyl (C=O) groups excluding carboxylic acids is 1. The molecule has 2 aromatic rings. The number of hydrogen-bond acceptors (Lipinski definition) is 5. The Morgan fingerprint density at radius 2 is 2.09 bits per heavy atom. The molecule has 2 aromatic heterocycles. The molecule has 1 amide bonds. The number of carbonyl (C=O) groups is 1. The number of hydrogen-bond donors (Lipinski definition) is 0. The fourth-order valence-electron chi connectivity index (χ4n) is 3.10. The van der Waals surface area contributed by atoms with Crippen LogP contribution in [0.2, 0.25) is 0 Å². The molecule has 0 aliphatic carbocycles. The van der Waals surface area contributed by atoms with E-state index in [2.05, 4.69) is 30.7 Å². The Labute approximate surface area is 145 Å². The van der Waals surface area contributed by atoms with Crippen LogP contribution in [0, 0.1) is 20.8 Å². The molecule has 1 aliphatic heterocycles. The van der Waals surface area contributed by atoms with Gasteiger partial charge >= 0.3 is 0 Å². The number of aryl methyl sites for hydroxylation is 3. The lowest BCUT2D eigenvalue weighted by atomic mass is 10.0. The summed E-state index contributed by atoms with van der Waals surface area (Å²) in [6.45, 7) is 9.20. The van der Waals surface area contributed by atoms with Crippen LogP contribution in [0.3, 0.4) is 0 Å². The zero-order valence-corrected chi connectivity index (χ0v) is 15.8. The van der Waals surface area contributed by atoms with Crippen LogP contribution in [0.1, 0.15) is 42.5 Å². The van der Waals surface area contributed by atoms with E-state index in [0.717, 1.165) is 40.5 Å². The number of thioether (sulfide) groups is 1. The standard InChI is InChI=1S/C17H23N3OS2/c1-10-7-5-6-8-20(10)14(21)9-22-16-15-11(2)12(3)23-17(15)19-13(4)18-16/h10H,5-9H2,1-4H3/t10-/m1/s1. The van der Waals surface area contributed by atoms with Crippen LogP contribution in [0.15, 0.2) is 5.03 Å². The molecule has 1 fully saturated rings. The highest BCUT2D eigenvalue weighted by Gasteiger charge is 2.23. The molecule has 0 aromatic carbocycles. The molecular weight excluding hydrogens is 326 g/mol. The minimum atomic E-state index is 0.233. The summed E-state index contributed by atoms with van der Waals surface area (Å²) in [6, 6.07) is 0.370. The Balaban J connectivity index is 1.80. The number of thiophene rings is 1. The van der Waals surface area contributed by atoms with Crippen molar-refractivity contribution in [2.45, 2.75) is 58.0 Å². The third-order valence-electron chi connectivity index (χ3n) is 4.56. The molecule has 3 rings (SSSR count). The van der Waals surface area contributed by atoms with Gasteiger partial charge in [-0.15, -0.1) is 11.3 Å². The lowest BCUT2D eigenvalue weighted by Gasteiger charge is -2.33. The number of likely N-dealkylation sites (tertiary alicyclic amines) is 1. The molecule has 0 N–H and O–H groups in total. The summed E-state index contributed by atoms with van der Waals surface area (Å²) in [5, 5.41) is 2.08. The molecule has 1 atom stereocenters. The maximum absolute atomic E-state index is 12.6. The van der Waals surface area contributed by atoms with E-state index in [9.17, 15) is 4.79 Å². The number of rotatable bonds is 3. The maximum atomic E-state index is 12.6. The Hall–Kier alpha value is -1.14. The van der Waals surface area contributed by atoms with Crippen molar-refractivity contribution in [2.24, 2.45) is 0 Å². The summed E-state index contributed by atoms with van der Waals surface area (Å²) >= 11 is 3.27. The molecule has 0 unspecified atom stereocenters. The highest BCUT2D eigenvalue weighted by molar-refractivity contribution is 8.00. The zero-order chi connectivity index (χ0) is 16.6.